The number of hydrogen-bond acceptors (Lipinski definition) is 4. The summed E-state index contributed by atoms with van der Waals surface area (Å²) in [5.41, 5.74) is 0.410. The van der Waals surface area contributed by atoms with Gasteiger partial charge in [0.15, 0.2) is 0 Å². The maximum absolute atomic E-state index is 12.6. The van der Waals surface area contributed by atoms with Crippen LogP contribution in [0.1, 0.15) is 70.7 Å². The van der Waals surface area contributed by atoms with Crippen LogP contribution in [0, 0.1) is 11.3 Å². The predicted molar refractivity (Wildman–Crippen MR) is 93.9 cm³/mol. The first-order valence-electron chi connectivity index (χ1n) is 8.91. The summed E-state index contributed by atoms with van der Waals surface area (Å²) in [6.45, 7) is 9.68. The summed E-state index contributed by atoms with van der Waals surface area (Å²) in [6, 6.07) is 0.371. The molecule has 1 aromatic heterocycles. The Bertz CT molecular complexity index is 563. The van der Waals surface area contributed by atoms with Gasteiger partial charge in [-0.05, 0) is 31.6 Å². The molecule has 0 aromatic carbocycles. The van der Waals surface area contributed by atoms with Crippen molar-refractivity contribution in [3.63, 3.8) is 0 Å². The van der Waals surface area contributed by atoms with Gasteiger partial charge in [-0.2, -0.15) is 0 Å². The number of carbonyl (C=O) groups is 1. The summed E-state index contributed by atoms with van der Waals surface area (Å²) in [6.07, 6.45) is 5.98. The van der Waals surface area contributed by atoms with Crippen molar-refractivity contribution in [3.05, 3.63) is 5.01 Å². The SMILES string of the molecule is CCC(CC)c1nnc(NC(=O)N2CC3(CCC3)C2C(C)C)s1. The number of nitrogens with one attached hydrogen (secondary N) is 1. The molecule has 128 valence electrons. The van der Waals surface area contributed by atoms with E-state index in [9.17, 15) is 4.79 Å². The lowest BCUT2D eigenvalue weighted by Gasteiger charge is -2.63. The maximum Gasteiger partial charge on any atom is 0.323 e. The third kappa shape index (κ3) is 2.86. The molecule has 1 spiro atoms. The molecule has 1 aliphatic carbocycles. The lowest BCUT2D eigenvalue weighted by Crippen LogP contribution is -2.71. The minimum atomic E-state index is -0.00604. The molecule has 1 aromatic rings. The van der Waals surface area contributed by atoms with Crippen molar-refractivity contribution in [1.29, 1.82) is 0 Å². The molecular formula is C17H28N4OS. The van der Waals surface area contributed by atoms with Gasteiger partial charge in [0.05, 0.1) is 0 Å². The highest BCUT2D eigenvalue weighted by Crippen LogP contribution is 2.55. The van der Waals surface area contributed by atoms with E-state index < -0.39 is 0 Å². The first kappa shape index (κ1) is 16.7. The fourth-order valence-corrected chi connectivity index (χ4v) is 5.35. The minimum absolute atomic E-state index is 0.00604. The number of urea groups is 1. The van der Waals surface area contributed by atoms with Crippen molar-refractivity contribution in [3.8, 4) is 0 Å². The smallest absolute Gasteiger partial charge is 0.320 e. The summed E-state index contributed by atoms with van der Waals surface area (Å²) >= 11 is 1.52. The number of carbonyl (C=O) groups excluding carboxylic acids is 1. The van der Waals surface area contributed by atoms with Gasteiger partial charge in [0, 0.05) is 23.9 Å². The molecule has 23 heavy (non-hydrogen) atoms. The van der Waals surface area contributed by atoms with E-state index in [1.807, 2.05) is 4.90 Å². The first-order chi connectivity index (χ1) is 11.0. The molecule has 0 radical (unpaired) electrons. The molecular weight excluding hydrogens is 308 g/mol. The zero-order chi connectivity index (χ0) is 16.6. The third-order valence-electron chi connectivity index (χ3n) is 5.68. The molecule has 5 nitrogen and oxygen atoms in total. The lowest BCUT2D eigenvalue weighted by molar-refractivity contribution is -0.114. The Morgan fingerprint density at radius 2 is 2.04 bits per heavy atom. The second-order valence-corrected chi connectivity index (χ2v) is 8.43. The highest BCUT2D eigenvalue weighted by atomic mass is 32.1. The van der Waals surface area contributed by atoms with Gasteiger partial charge < -0.3 is 4.90 Å². The normalized spacial score (nSPS) is 22.3. The van der Waals surface area contributed by atoms with Gasteiger partial charge in [0.1, 0.15) is 5.01 Å². The zero-order valence-corrected chi connectivity index (χ0v) is 15.4. The summed E-state index contributed by atoms with van der Waals surface area (Å²) in [5.74, 6) is 0.952. The highest BCUT2D eigenvalue weighted by Gasteiger charge is 2.58. The van der Waals surface area contributed by atoms with Crippen molar-refractivity contribution in [2.24, 2.45) is 11.3 Å². The average molecular weight is 337 g/mol. The van der Waals surface area contributed by atoms with Crippen LogP contribution in [0.5, 0.6) is 0 Å². The fraction of sp³-hybridized carbons (Fsp3) is 0.824. The number of anilines is 1. The Balaban J connectivity index is 1.63. The number of amides is 2. The molecule has 2 heterocycles. The molecule has 1 N–H and O–H groups in total. The van der Waals surface area contributed by atoms with Crippen LogP contribution in [0.4, 0.5) is 9.93 Å². The van der Waals surface area contributed by atoms with E-state index in [4.69, 9.17) is 0 Å². The van der Waals surface area contributed by atoms with Gasteiger partial charge in [0.2, 0.25) is 5.13 Å². The molecule has 2 amide bonds. The molecule has 1 atom stereocenters. The van der Waals surface area contributed by atoms with Gasteiger partial charge in [-0.15, -0.1) is 10.2 Å². The first-order valence-corrected chi connectivity index (χ1v) is 9.73. The molecule has 1 unspecified atom stereocenters. The Kier molecular flexibility index (Phi) is 4.63. The van der Waals surface area contributed by atoms with Crippen LogP contribution in [0.3, 0.4) is 0 Å². The van der Waals surface area contributed by atoms with Gasteiger partial charge in [-0.1, -0.05) is 45.5 Å². The van der Waals surface area contributed by atoms with Crippen molar-refractivity contribution >= 4 is 22.5 Å². The second-order valence-electron chi connectivity index (χ2n) is 7.42. The van der Waals surface area contributed by atoms with E-state index in [-0.39, 0.29) is 6.03 Å². The van der Waals surface area contributed by atoms with Crippen molar-refractivity contribution in [1.82, 2.24) is 15.1 Å². The Morgan fingerprint density at radius 3 is 2.57 bits per heavy atom. The number of rotatable bonds is 5. The van der Waals surface area contributed by atoms with E-state index in [1.165, 1.54) is 30.6 Å². The van der Waals surface area contributed by atoms with E-state index in [2.05, 4.69) is 43.2 Å². The molecule has 1 saturated carbocycles. The Labute approximate surface area is 142 Å². The van der Waals surface area contributed by atoms with Crippen molar-refractivity contribution in [2.75, 3.05) is 11.9 Å². The van der Waals surface area contributed by atoms with Crippen LogP contribution >= 0.6 is 11.3 Å². The average Bonchev–Trinajstić information content (AvgIpc) is 2.85. The zero-order valence-electron chi connectivity index (χ0n) is 14.6. The molecule has 6 heteroatoms. The van der Waals surface area contributed by atoms with Gasteiger partial charge in [0.25, 0.3) is 0 Å². The summed E-state index contributed by atoms with van der Waals surface area (Å²) in [5, 5.41) is 13.1. The molecule has 2 aliphatic rings. The van der Waals surface area contributed by atoms with E-state index >= 15 is 0 Å². The fourth-order valence-electron chi connectivity index (χ4n) is 4.35. The van der Waals surface area contributed by atoms with E-state index in [0.29, 0.717) is 28.4 Å². The number of likely N-dealkylation sites (tertiary alicyclic amines) is 1. The second kappa shape index (κ2) is 6.38. The van der Waals surface area contributed by atoms with Crippen LogP contribution in [0.15, 0.2) is 0 Å². The standard InChI is InChI=1S/C17H28N4OS/c1-5-12(6-2)14-19-20-15(23-14)18-16(22)21-10-17(8-7-9-17)13(21)11(3)4/h11-13H,5-10H2,1-4H3,(H,18,20,22). The van der Waals surface area contributed by atoms with Crippen LogP contribution in [-0.4, -0.2) is 33.7 Å². The van der Waals surface area contributed by atoms with Crippen LogP contribution in [0.25, 0.3) is 0 Å². The number of hydrogen-bond donors (Lipinski definition) is 1. The van der Waals surface area contributed by atoms with Crippen LogP contribution in [-0.2, 0) is 0 Å². The monoisotopic (exact) mass is 336 g/mol. The topological polar surface area (TPSA) is 58.1 Å². The van der Waals surface area contributed by atoms with Gasteiger partial charge >= 0.3 is 6.03 Å². The van der Waals surface area contributed by atoms with E-state index in [0.717, 1.165) is 24.4 Å². The number of nitrogens with zero attached hydrogens (tertiary/aromatic N) is 3. The molecule has 2 fully saturated rings. The van der Waals surface area contributed by atoms with Crippen LogP contribution < -0.4 is 5.32 Å². The summed E-state index contributed by atoms with van der Waals surface area (Å²) in [4.78, 5) is 14.6. The molecule has 3 rings (SSSR count). The molecule has 0 bridgehead atoms. The van der Waals surface area contributed by atoms with Gasteiger partial charge in [-0.3, -0.25) is 5.32 Å². The van der Waals surface area contributed by atoms with E-state index in [1.54, 1.807) is 0 Å². The molecule has 1 saturated heterocycles. The summed E-state index contributed by atoms with van der Waals surface area (Å²) in [7, 11) is 0. The minimum Gasteiger partial charge on any atom is -0.320 e. The predicted octanol–water partition coefficient (Wildman–Crippen LogP) is 4.48. The Morgan fingerprint density at radius 1 is 1.35 bits per heavy atom. The van der Waals surface area contributed by atoms with Crippen molar-refractivity contribution < 1.29 is 4.79 Å². The maximum atomic E-state index is 12.6. The van der Waals surface area contributed by atoms with Gasteiger partial charge in [-0.25, -0.2) is 4.79 Å². The van der Waals surface area contributed by atoms with Crippen molar-refractivity contribution in [2.45, 2.75) is 71.8 Å². The number of aromatic nitrogens is 2. The lowest BCUT2D eigenvalue weighted by atomic mass is 9.55. The third-order valence-corrected chi connectivity index (χ3v) is 6.68. The Hall–Kier alpha value is -1.17. The molecule has 1 aliphatic heterocycles. The quantitative estimate of drug-likeness (QED) is 0.862. The highest BCUT2D eigenvalue weighted by molar-refractivity contribution is 7.15. The van der Waals surface area contributed by atoms with Crippen LogP contribution in [0.2, 0.25) is 0 Å². The largest absolute Gasteiger partial charge is 0.323 e. The summed E-state index contributed by atoms with van der Waals surface area (Å²) < 4.78 is 0.